The highest BCUT2D eigenvalue weighted by atomic mass is 16.5. The maximum Gasteiger partial charge on any atom is 0.309 e. The van der Waals surface area contributed by atoms with Crippen molar-refractivity contribution >= 4 is 12.0 Å². The molecule has 0 radical (unpaired) electrons. The highest BCUT2D eigenvalue weighted by Crippen LogP contribution is 2.18. The van der Waals surface area contributed by atoms with Gasteiger partial charge in [0, 0.05) is 5.56 Å². The Hall–Kier alpha value is -1.77. The number of ether oxygens (including phenoxy) is 2. The summed E-state index contributed by atoms with van der Waals surface area (Å²) in [6.07, 6.45) is 3.91. The molecule has 0 atom stereocenters. The monoisotopic (exact) mass is 220 g/mol. The predicted molar refractivity (Wildman–Crippen MR) is 63.3 cm³/mol. The van der Waals surface area contributed by atoms with E-state index >= 15 is 0 Å². The molecule has 0 aliphatic heterocycles. The number of benzene rings is 1. The number of rotatable bonds is 5. The molecule has 0 amide bonds. The minimum atomic E-state index is -0.214. The molecule has 0 saturated heterocycles. The average Bonchev–Trinajstić information content (AvgIpc) is 2.30. The molecule has 86 valence electrons. The van der Waals surface area contributed by atoms with E-state index in [2.05, 4.69) is 0 Å². The topological polar surface area (TPSA) is 35.5 Å². The second-order valence-electron chi connectivity index (χ2n) is 3.15. The minimum absolute atomic E-state index is 0.214. The molecule has 3 nitrogen and oxygen atoms in total. The Bertz CT molecular complexity index is 369. The zero-order valence-electron chi connectivity index (χ0n) is 9.60. The van der Waals surface area contributed by atoms with Gasteiger partial charge in [0.15, 0.2) is 0 Å². The fourth-order valence-electron chi connectivity index (χ4n) is 1.31. The van der Waals surface area contributed by atoms with Gasteiger partial charge >= 0.3 is 5.97 Å². The van der Waals surface area contributed by atoms with E-state index < -0.39 is 0 Å². The van der Waals surface area contributed by atoms with Crippen LogP contribution in [0.15, 0.2) is 30.3 Å². The largest absolute Gasteiger partial charge is 0.496 e. The lowest BCUT2D eigenvalue weighted by atomic mass is 10.2. The average molecular weight is 220 g/mol. The first-order chi connectivity index (χ1) is 7.77. The molecule has 0 saturated carbocycles. The molecular weight excluding hydrogens is 204 g/mol. The van der Waals surface area contributed by atoms with E-state index in [0.29, 0.717) is 6.61 Å². The smallest absolute Gasteiger partial charge is 0.309 e. The van der Waals surface area contributed by atoms with Crippen molar-refractivity contribution in [3.63, 3.8) is 0 Å². The molecule has 0 N–H and O–H groups in total. The lowest BCUT2D eigenvalue weighted by molar-refractivity contribution is -0.142. The number of hydrogen-bond donors (Lipinski definition) is 0. The molecule has 16 heavy (non-hydrogen) atoms. The maximum absolute atomic E-state index is 11.1. The van der Waals surface area contributed by atoms with Crippen LogP contribution in [-0.2, 0) is 9.53 Å². The van der Waals surface area contributed by atoms with Crippen molar-refractivity contribution in [2.24, 2.45) is 0 Å². The Morgan fingerprint density at radius 3 is 2.81 bits per heavy atom. The molecule has 0 unspecified atom stereocenters. The first-order valence-electron chi connectivity index (χ1n) is 5.23. The van der Waals surface area contributed by atoms with Crippen LogP contribution in [0.25, 0.3) is 6.08 Å². The van der Waals surface area contributed by atoms with E-state index in [1.54, 1.807) is 20.1 Å². The van der Waals surface area contributed by atoms with E-state index in [1.807, 2.05) is 30.3 Å². The number of hydrogen-bond acceptors (Lipinski definition) is 3. The first-order valence-corrected chi connectivity index (χ1v) is 5.23. The molecule has 0 bridgehead atoms. The van der Waals surface area contributed by atoms with Gasteiger partial charge < -0.3 is 9.47 Å². The first kappa shape index (κ1) is 12.3. The molecule has 3 heteroatoms. The van der Waals surface area contributed by atoms with Crippen LogP contribution >= 0.6 is 0 Å². The Morgan fingerprint density at radius 1 is 1.38 bits per heavy atom. The Morgan fingerprint density at radius 2 is 2.12 bits per heavy atom. The lowest BCUT2D eigenvalue weighted by Gasteiger charge is -2.03. The van der Waals surface area contributed by atoms with Crippen molar-refractivity contribution in [2.45, 2.75) is 13.3 Å². The Balaban J connectivity index is 2.58. The second kappa shape index (κ2) is 6.67. The SMILES string of the molecule is CCOC(=O)CC=Cc1ccccc1OC. The van der Waals surface area contributed by atoms with Gasteiger partial charge in [-0.3, -0.25) is 4.79 Å². The van der Waals surface area contributed by atoms with Crippen molar-refractivity contribution in [1.29, 1.82) is 0 Å². The van der Waals surface area contributed by atoms with Gasteiger partial charge in [0.05, 0.1) is 20.1 Å². The fraction of sp³-hybridized carbons (Fsp3) is 0.308. The summed E-state index contributed by atoms with van der Waals surface area (Å²) in [7, 11) is 1.62. The molecule has 1 rings (SSSR count). The Kier molecular flexibility index (Phi) is 5.12. The van der Waals surface area contributed by atoms with Crippen LogP contribution in [0.5, 0.6) is 5.75 Å². The van der Waals surface area contributed by atoms with E-state index in [1.165, 1.54) is 0 Å². The van der Waals surface area contributed by atoms with E-state index in [4.69, 9.17) is 9.47 Å². The molecule has 0 aliphatic carbocycles. The summed E-state index contributed by atoms with van der Waals surface area (Å²) in [4.78, 5) is 11.1. The van der Waals surface area contributed by atoms with Crippen LogP contribution in [0.4, 0.5) is 0 Å². The zero-order chi connectivity index (χ0) is 11.8. The zero-order valence-corrected chi connectivity index (χ0v) is 9.60. The number of esters is 1. The van der Waals surface area contributed by atoms with Crippen LogP contribution in [-0.4, -0.2) is 19.7 Å². The molecule has 0 fully saturated rings. The summed E-state index contributed by atoms with van der Waals surface area (Å²) in [6, 6.07) is 7.64. The number of methoxy groups -OCH3 is 1. The summed E-state index contributed by atoms with van der Waals surface area (Å²) in [6.45, 7) is 2.21. The molecule has 0 aliphatic rings. The number of carbonyl (C=O) groups is 1. The molecule has 1 aromatic carbocycles. The number of para-hydroxylation sites is 1. The van der Waals surface area contributed by atoms with Crippen molar-refractivity contribution in [2.75, 3.05) is 13.7 Å². The minimum Gasteiger partial charge on any atom is -0.496 e. The molecule has 0 aromatic heterocycles. The van der Waals surface area contributed by atoms with Gasteiger partial charge in [0.1, 0.15) is 5.75 Å². The summed E-state index contributed by atoms with van der Waals surface area (Å²) in [5.41, 5.74) is 0.953. The Labute approximate surface area is 95.7 Å². The summed E-state index contributed by atoms with van der Waals surface area (Å²) >= 11 is 0. The van der Waals surface area contributed by atoms with Crippen molar-refractivity contribution < 1.29 is 14.3 Å². The number of carbonyl (C=O) groups excluding carboxylic acids is 1. The third-order valence-corrected chi connectivity index (χ3v) is 2.03. The van der Waals surface area contributed by atoms with E-state index in [-0.39, 0.29) is 12.4 Å². The van der Waals surface area contributed by atoms with Gasteiger partial charge in [0.25, 0.3) is 0 Å². The molecule has 0 heterocycles. The maximum atomic E-state index is 11.1. The van der Waals surface area contributed by atoms with Crippen LogP contribution in [0.1, 0.15) is 18.9 Å². The summed E-state index contributed by atoms with van der Waals surface area (Å²) in [5, 5.41) is 0. The van der Waals surface area contributed by atoms with Gasteiger partial charge in [-0.25, -0.2) is 0 Å². The molecule has 1 aromatic rings. The summed E-state index contributed by atoms with van der Waals surface area (Å²) in [5.74, 6) is 0.580. The second-order valence-corrected chi connectivity index (χ2v) is 3.15. The van der Waals surface area contributed by atoms with Gasteiger partial charge in [-0.15, -0.1) is 0 Å². The van der Waals surface area contributed by atoms with Gasteiger partial charge in [0.2, 0.25) is 0 Å². The van der Waals surface area contributed by atoms with E-state index in [9.17, 15) is 4.79 Å². The molecular formula is C13H16O3. The summed E-state index contributed by atoms with van der Waals surface area (Å²) < 4.78 is 10.00. The third-order valence-electron chi connectivity index (χ3n) is 2.03. The van der Waals surface area contributed by atoms with Gasteiger partial charge in [-0.1, -0.05) is 30.4 Å². The third kappa shape index (κ3) is 3.77. The normalized spacial score (nSPS) is 10.4. The van der Waals surface area contributed by atoms with Crippen LogP contribution < -0.4 is 4.74 Å². The quantitative estimate of drug-likeness (QED) is 0.716. The molecule has 0 spiro atoms. The highest BCUT2D eigenvalue weighted by molar-refractivity contribution is 5.73. The van der Waals surface area contributed by atoms with Crippen molar-refractivity contribution in [3.05, 3.63) is 35.9 Å². The predicted octanol–water partition coefficient (Wildman–Crippen LogP) is 2.66. The van der Waals surface area contributed by atoms with Crippen molar-refractivity contribution in [3.8, 4) is 5.75 Å². The van der Waals surface area contributed by atoms with E-state index in [0.717, 1.165) is 11.3 Å². The highest BCUT2D eigenvalue weighted by Gasteiger charge is 1.99. The van der Waals surface area contributed by atoms with Crippen molar-refractivity contribution in [1.82, 2.24) is 0 Å². The standard InChI is InChI=1S/C13H16O3/c1-3-16-13(14)10-6-8-11-7-4-5-9-12(11)15-2/h4-9H,3,10H2,1-2H3. The van der Waals surface area contributed by atoms with Crippen LogP contribution in [0.3, 0.4) is 0 Å². The van der Waals surface area contributed by atoms with Crippen LogP contribution in [0.2, 0.25) is 0 Å². The lowest BCUT2D eigenvalue weighted by Crippen LogP contribution is -2.01. The van der Waals surface area contributed by atoms with Gasteiger partial charge in [-0.2, -0.15) is 0 Å². The van der Waals surface area contributed by atoms with Crippen LogP contribution in [0, 0.1) is 0 Å². The fourth-order valence-corrected chi connectivity index (χ4v) is 1.31. The van der Waals surface area contributed by atoms with Gasteiger partial charge in [-0.05, 0) is 13.0 Å².